The molecule has 3 heterocycles. The fraction of sp³-hybridized carbons (Fsp3) is 0.838. The molecule has 0 amide bonds. The molecule has 0 saturated carbocycles. The Kier molecular flexibility index (Phi) is 15.9. The molecule has 49 heavy (non-hydrogen) atoms. The minimum atomic E-state index is -1.37. The molecule has 12 nitrogen and oxygen atoms in total. The van der Waals surface area contributed by atoms with Gasteiger partial charge in [-0.3, -0.25) is 4.79 Å². The number of aliphatic hydroxyl groups is 3. The molecule has 0 spiro atoms. The fourth-order valence-corrected chi connectivity index (χ4v) is 7.37. The average Bonchev–Trinajstić information content (AvgIpc) is 3.00. The number of ether oxygens (including phenoxy) is 6. The molecule has 12 heteroatoms. The molecule has 2 fully saturated rings. The van der Waals surface area contributed by atoms with E-state index < -0.39 is 79.3 Å². The zero-order valence-corrected chi connectivity index (χ0v) is 31.1. The van der Waals surface area contributed by atoms with Gasteiger partial charge < -0.3 is 53.4 Å². The minimum absolute atomic E-state index is 0.00598. The van der Waals surface area contributed by atoms with Gasteiger partial charge in [-0.1, -0.05) is 52.0 Å². The van der Waals surface area contributed by atoms with Crippen LogP contribution >= 0.6 is 0 Å². The van der Waals surface area contributed by atoms with Crippen molar-refractivity contribution < 1.29 is 53.3 Å². The van der Waals surface area contributed by atoms with Crippen molar-refractivity contribution in [2.45, 2.75) is 154 Å². The fourth-order valence-electron chi connectivity index (χ4n) is 7.37. The highest BCUT2D eigenvalue weighted by Gasteiger charge is 2.51. The third kappa shape index (κ3) is 11.1. The number of nitrogens with zero attached hydrogens (tertiary/aromatic N) is 1. The van der Waals surface area contributed by atoms with E-state index in [4.69, 9.17) is 28.4 Å². The molecule has 0 aromatic heterocycles. The lowest BCUT2D eigenvalue weighted by molar-refractivity contribution is -0.338. The van der Waals surface area contributed by atoms with Crippen LogP contribution in [0.2, 0.25) is 0 Å². The van der Waals surface area contributed by atoms with E-state index in [-0.39, 0.29) is 30.3 Å². The van der Waals surface area contributed by atoms with Crippen molar-refractivity contribution in [1.29, 1.82) is 0 Å². The van der Waals surface area contributed by atoms with Crippen LogP contribution < -0.4 is 0 Å². The Morgan fingerprint density at radius 3 is 2.29 bits per heavy atom. The third-order valence-corrected chi connectivity index (χ3v) is 10.8. The summed E-state index contributed by atoms with van der Waals surface area (Å²) in [5.74, 6) is -1.19. The van der Waals surface area contributed by atoms with E-state index in [1.807, 2.05) is 45.8 Å². The van der Waals surface area contributed by atoms with Crippen molar-refractivity contribution in [2.75, 3.05) is 21.2 Å². The first-order valence-corrected chi connectivity index (χ1v) is 17.8. The molecule has 3 N–H and O–H groups in total. The summed E-state index contributed by atoms with van der Waals surface area (Å²) in [6.45, 7) is 14.1. The van der Waals surface area contributed by atoms with Gasteiger partial charge in [-0.2, -0.15) is 0 Å². The Bertz CT molecular complexity index is 1100. The topological polar surface area (TPSA) is 153 Å². The van der Waals surface area contributed by atoms with E-state index in [2.05, 4.69) is 20.8 Å². The third-order valence-electron chi connectivity index (χ3n) is 10.8. The van der Waals surface area contributed by atoms with E-state index in [9.17, 15) is 24.9 Å². The van der Waals surface area contributed by atoms with Crippen LogP contribution in [0.15, 0.2) is 24.3 Å². The number of allylic oxidation sites excluding steroid dienone is 2. The molecule has 0 aromatic rings. The lowest BCUT2D eigenvalue weighted by Gasteiger charge is -2.50. The molecular weight excluding hydrogens is 634 g/mol. The van der Waals surface area contributed by atoms with Crippen molar-refractivity contribution >= 4 is 12.3 Å². The predicted molar refractivity (Wildman–Crippen MR) is 183 cm³/mol. The van der Waals surface area contributed by atoms with Crippen molar-refractivity contribution in [2.24, 2.45) is 23.2 Å². The van der Waals surface area contributed by atoms with E-state index in [1.54, 1.807) is 25.2 Å². The number of rotatable bonds is 8. The highest BCUT2D eigenvalue weighted by atomic mass is 16.7. The average molecular weight is 698 g/mol. The number of carbonyl (C=O) groups excluding carboxylic acids is 2. The molecule has 0 aromatic carbocycles. The normalized spacial score (nSPS) is 44.2. The summed E-state index contributed by atoms with van der Waals surface area (Å²) in [5.41, 5.74) is -0.0194. The van der Waals surface area contributed by atoms with Gasteiger partial charge in [0.25, 0.3) is 0 Å². The highest BCUT2D eigenvalue weighted by Crippen LogP contribution is 2.42. The second-order valence-corrected chi connectivity index (χ2v) is 15.3. The number of esters is 1. The Labute approximate surface area is 293 Å². The van der Waals surface area contributed by atoms with Gasteiger partial charge in [0.15, 0.2) is 12.6 Å². The van der Waals surface area contributed by atoms with Crippen LogP contribution in [0.3, 0.4) is 0 Å². The van der Waals surface area contributed by atoms with Gasteiger partial charge in [0.2, 0.25) is 0 Å². The highest BCUT2D eigenvalue weighted by molar-refractivity contribution is 5.70. The van der Waals surface area contributed by atoms with Crippen LogP contribution in [0.1, 0.15) is 80.6 Å². The number of hydrogen-bond donors (Lipinski definition) is 3. The van der Waals surface area contributed by atoms with Crippen LogP contribution in [0.4, 0.5) is 0 Å². The van der Waals surface area contributed by atoms with Crippen molar-refractivity contribution in [3.8, 4) is 0 Å². The molecule has 2 saturated heterocycles. The van der Waals surface area contributed by atoms with Gasteiger partial charge >= 0.3 is 5.97 Å². The van der Waals surface area contributed by atoms with E-state index in [0.717, 1.165) is 6.29 Å². The standard InChI is InChI=1S/C37H63NO11/c1-21-18-26(16-17-39)34(35(44-10)28(41)19-29(42)45-22(2)14-12-11-13-15-27(21)40)49-36-32(43)31(38(8)9)33(25(5)47-36)48-30-20-37(6,7)23(3)24(4)46-30/h11-13,15,17,21-28,30-36,40-41,43H,14,16,18-20H2,1-10H3/b12-11+,15-13+/t21-,22-,23+,24?,25-,26+,27+,28-,30+,31?,32?,33+,34+,35+,36+/m1/s1. The van der Waals surface area contributed by atoms with Gasteiger partial charge in [0.1, 0.15) is 30.7 Å². The predicted octanol–water partition coefficient (Wildman–Crippen LogP) is 3.40. The van der Waals surface area contributed by atoms with Crippen LogP contribution in [0.5, 0.6) is 0 Å². The molecule has 0 aliphatic carbocycles. The first-order chi connectivity index (χ1) is 23.0. The molecule has 0 bridgehead atoms. The number of aldehydes is 1. The maximum absolute atomic E-state index is 12.8. The molecular formula is C37H63NO11. The summed E-state index contributed by atoms with van der Waals surface area (Å²) in [6.07, 6.45) is -0.0462. The van der Waals surface area contributed by atoms with Crippen LogP contribution in [0.25, 0.3) is 0 Å². The van der Waals surface area contributed by atoms with Crippen LogP contribution in [-0.4, -0.2) is 127 Å². The number of hydrogen-bond acceptors (Lipinski definition) is 12. The summed E-state index contributed by atoms with van der Waals surface area (Å²) < 4.78 is 37.1. The Balaban J connectivity index is 1.94. The maximum Gasteiger partial charge on any atom is 0.308 e. The van der Waals surface area contributed by atoms with Gasteiger partial charge in [-0.15, -0.1) is 0 Å². The summed E-state index contributed by atoms with van der Waals surface area (Å²) in [5, 5.41) is 34.2. The number of cyclic esters (lactones) is 1. The van der Waals surface area contributed by atoms with Gasteiger partial charge in [-0.05, 0) is 64.5 Å². The largest absolute Gasteiger partial charge is 0.462 e. The smallest absolute Gasteiger partial charge is 0.308 e. The molecule has 3 rings (SSSR count). The minimum Gasteiger partial charge on any atom is -0.462 e. The maximum atomic E-state index is 12.8. The van der Waals surface area contributed by atoms with Crippen molar-refractivity contribution in [3.63, 3.8) is 0 Å². The molecule has 0 radical (unpaired) electrons. The second-order valence-electron chi connectivity index (χ2n) is 15.3. The number of aliphatic hydroxyl groups excluding tert-OH is 3. The number of methoxy groups -OCH3 is 1. The van der Waals surface area contributed by atoms with Gasteiger partial charge in [-0.25, -0.2) is 0 Å². The monoisotopic (exact) mass is 697 g/mol. The quantitative estimate of drug-likeness (QED) is 0.252. The summed E-state index contributed by atoms with van der Waals surface area (Å²) in [6, 6.07) is -0.577. The summed E-state index contributed by atoms with van der Waals surface area (Å²) in [7, 11) is 5.08. The lowest BCUT2D eigenvalue weighted by Crippen LogP contribution is -2.65. The van der Waals surface area contributed by atoms with Crippen LogP contribution in [-0.2, 0) is 38.0 Å². The van der Waals surface area contributed by atoms with Gasteiger partial charge in [0.05, 0.1) is 43.0 Å². The molecule has 3 aliphatic heterocycles. The van der Waals surface area contributed by atoms with Crippen LogP contribution in [0, 0.1) is 23.2 Å². The zero-order chi connectivity index (χ0) is 36.6. The number of likely N-dealkylation sites (N-methyl/N-ethyl adjacent to an activating group) is 1. The summed E-state index contributed by atoms with van der Waals surface area (Å²) in [4.78, 5) is 26.8. The van der Waals surface area contributed by atoms with Crippen molar-refractivity contribution in [1.82, 2.24) is 4.90 Å². The zero-order valence-electron chi connectivity index (χ0n) is 31.1. The van der Waals surface area contributed by atoms with Crippen molar-refractivity contribution in [3.05, 3.63) is 24.3 Å². The lowest BCUT2D eigenvalue weighted by atomic mass is 9.73. The molecule has 3 aliphatic rings. The van der Waals surface area contributed by atoms with E-state index in [1.165, 1.54) is 7.11 Å². The molecule has 15 atom stereocenters. The Hall–Kier alpha value is -1.74. The second kappa shape index (κ2) is 18.7. The Morgan fingerprint density at radius 2 is 1.67 bits per heavy atom. The Morgan fingerprint density at radius 1 is 0.980 bits per heavy atom. The molecule has 282 valence electrons. The summed E-state index contributed by atoms with van der Waals surface area (Å²) >= 11 is 0. The SMILES string of the molecule is CO[C@@H]1[C@@H](O[C@@H]2O[C@H](C)[C@H](O[C@H]3CC(C)(C)[C@@H](C)C(C)O3)C(N(C)C)C2O)[C@@H](CC=O)C[C@@H](C)[C@@H](O)/C=C/C=C/C[C@@H](C)OC(=O)C[C@H]1O. The number of carbonyl (C=O) groups is 2. The molecule has 3 unspecified atom stereocenters. The first-order valence-electron chi connectivity index (χ1n) is 17.8. The van der Waals surface area contributed by atoms with Gasteiger partial charge in [0, 0.05) is 26.4 Å². The van der Waals surface area contributed by atoms with E-state index >= 15 is 0 Å². The first kappa shape index (κ1) is 41.7. The van der Waals surface area contributed by atoms with E-state index in [0.29, 0.717) is 25.2 Å².